The predicted octanol–water partition coefficient (Wildman–Crippen LogP) is 2.78. The Morgan fingerprint density at radius 2 is 1.97 bits per heavy atom. The summed E-state index contributed by atoms with van der Waals surface area (Å²) >= 11 is 5.29. The second-order valence-corrected chi connectivity index (χ2v) is 7.24. The number of ether oxygens (including phenoxy) is 3. The molecule has 2 rings (SSSR count). The molecule has 1 aromatic rings. The molecule has 0 spiro atoms. The number of nitrogens with zero attached hydrogens (tertiary/aromatic N) is 2. The van der Waals surface area contributed by atoms with Gasteiger partial charge >= 0.3 is 0 Å². The second kappa shape index (κ2) is 14.1. The lowest BCUT2D eigenvalue weighted by atomic mass is 10.2. The molecule has 0 aromatic heterocycles. The maximum absolute atomic E-state index is 5.84. The van der Waals surface area contributed by atoms with Gasteiger partial charge in [0.25, 0.3) is 0 Å². The summed E-state index contributed by atoms with van der Waals surface area (Å²) in [5.74, 6) is 1.57. The zero-order chi connectivity index (χ0) is 20.7. The summed E-state index contributed by atoms with van der Waals surface area (Å²) in [6.45, 7) is 11.0. The first-order valence-electron chi connectivity index (χ1n) is 10.5. The average molecular weight is 423 g/mol. The van der Waals surface area contributed by atoms with Gasteiger partial charge in [0.05, 0.1) is 32.6 Å². The van der Waals surface area contributed by atoms with Crippen LogP contribution in [0.3, 0.4) is 0 Å². The molecule has 0 bridgehead atoms. The Labute approximate surface area is 179 Å². The first-order valence-corrected chi connectivity index (χ1v) is 10.9. The van der Waals surface area contributed by atoms with E-state index < -0.39 is 0 Å². The van der Waals surface area contributed by atoms with Gasteiger partial charge in [-0.3, -0.25) is 10.3 Å². The van der Waals surface area contributed by atoms with Crippen LogP contribution in [0.15, 0.2) is 23.3 Å². The van der Waals surface area contributed by atoms with Crippen LogP contribution in [0.4, 0.5) is 0 Å². The molecule has 0 saturated carbocycles. The molecule has 1 heterocycles. The number of rotatable bonds is 12. The number of hydrogen-bond acceptors (Lipinski definition) is 6. The van der Waals surface area contributed by atoms with Crippen molar-refractivity contribution in [2.45, 2.75) is 33.1 Å². The highest BCUT2D eigenvalue weighted by atomic mass is 32.1. The molecule has 2 N–H and O–H groups in total. The Morgan fingerprint density at radius 1 is 1.21 bits per heavy atom. The van der Waals surface area contributed by atoms with Crippen LogP contribution in [-0.2, 0) is 4.74 Å². The van der Waals surface area contributed by atoms with Crippen molar-refractivity contribution in [3.8, 4) is 11.5 Å². The summed E-state index contributed by atoms with van der Waals surface area (Å²) in [5, 5.41) is 7.95. The zero-order valence-electron chi connectivity index (χ0n) is 17.6. The van der Waals surface area contributed by atoms with E-state index in [2.05, 4.69) is 34.6 Å². The summed E-state index contributed by atoms with van der Waals surface area (Å²) in [6.07, 6.45) is 4.65. The average Bonchev–Trinajstić information content (AvgIpc) is 2.75. The molecule has 8 heteroatoms. The lowest BCUT2D eigenvalue weighted by molar-refractivity contribution is 0.0376. The van der Waals surface area contributed by atoms with E-state index in [1.54, 1.807) is 6.21 Å². The van der Waals surface area contributed by atoms with Crippen LogP contribution >= 0.6 is 12.2 Å². The predicted molar refractivity (Wildman–Crippen MR) is 121 cm³/mol. The molecule has 0 radical (unpaired) electrons. The molecule has 0 amide bonds. The van der Waals surface area contributed by atoms with Gasteiger partial charge in [0.1, 0.15) is 11.5 Å². The molecular weight excluding hydrogens is 388 g/mol. The molecule has 162 valence electrons. The number of hydrazone groups is 1. The fourth-order valence-electron chi connectivity index (χ4n) is 2.80. The SMILES string of the molecule is CCCOc1ccc(/C=N/NC(=S)NCCCN2CCOCC2)c(OCCC)c1. The summed E-state index contributed by atoms with van der Waals surface area (Å²) in [4.78, 5) is 2.41. The minimum Gasteiger partial charge on any atom is -0.493 e. The highest BCUT2D eigenvalue weighted by molar-refractivity contribution is 7.80. The molecule has 1 saturated heterocycles. The second-order valence-electron chi connectivity index (χ2n) is 6.83. The smallest absolute Gasteiger partial charge is 0.186 e. The minimum absolute atomic E-state index is 0.516. The summed E-state index contributed by atoms with van der Waals surface area (Å²) in [6, 6.07) is 5.78. The Morgan fingerprint density at radius 3 is 2.72 bits per heavy atom. The number of thiocarbonyl (C=S) groups is 1. The Bertz CT molecular complexity index is 636. The van der Waals surface area contributed by atoms with Crippen molar-refractivity contribution < 1.29 is 14.2 Å². The molecule has 1 aliphatic heterocycles. The van der Waals surface area contributed by atoms with Crippen LogP contribution in [0.2, 0.25) is 0 Å². The molecule has 7 nitrogen and oxygen atoms in total. The maximum Gasteiger partial charge on any atom is 0.186 e. The van der Waals surface area contributed by atoms with Crippen LogP contribution in [0.1, 0.15) is 38.7 Å². The molecule has 29 heavy (non-hydrogen) atoms. The number of benzene rings is 1. The monoisotopic (exact) mass is 422 g/mol. The summed E-state index contributed by atoms with van der Waals surface area (Å²) in [5.41, 5.74) is 3.75. The van der Waals surface area contributed by atoms with Crippen molar-refractivity contribution in [2.24, 2.45) is 5.10 Å². The van der Waals surface area contributed by atoms with Crippen LogP contribution in [0.25, 0.3) is 0 Å². The third kappa shape index (κ3) is 9.43. The lowest BCUT2D eigenvalue weighted by Gasteiger charge is -2.26. The van der Waals surface area contributed by atoms with Gasteiger partial charge < -0.3 is 19.5 Å². The van der Waals surface area contributed by atoms with E-state index in [0.717, 1.165) is 75.7 Å². The lowest BCUT2D eigenvalue weighted by Crippen LogP contribution is -2.39. The zero-order valence-corrected chi connectivity index (χ0v) is 18.4. The molecule has 1 fully saturated rings. The van der Waals surface area contributed by atoms with E-state index >= 15 is 0 Å². The molecule has 1 aromatic carbocycles. The van der Waals surface area contributed by atoms with Crippen LogP contribution in [0, 0.1) is 0 Å². The molecule has 0 aliphatic carbocycles. The van der Waals surface area contributed by atoms with Crippen molar-refractivity contribution in [2.75, 3.05) is 52.6 Å². The van der Waals surface area contributed by atoms with Gasteiger partial charge in [0.2, 0.25) is 0 Å². The Hall–Kier alpha value is -1.90. The molecule has 0 unspecified atom stereocenters. The van der Waals surface area contributed by atoms with Crippen LogP contribution in [-0.4, -0.2) is 68.8 Å². The third-order valence-corrected chi connectivity index (χ3v) is 4.57. The van der Waals surface area contributed by atoms with Gasteiger partial charge in [-0.05, 0) is 50.2 Å². The first kappa shape index (κ1) is 23.4. The van der Waals surface area contributed by atoms with Crippen molar-refractivity contribution in [3.63, 3.8) is 0 Å². The van der Waals surface area contributed by atoms with Gasteiger partial charge in [-0.25, -0.2) is 0 Å². The quantitative estimate of drug-likeness (QED) is 0.232. The molecule has 1 aliphatic rings. The topological polar surface area (TPSA) is 67.4 Å². The summed E-state index contributed by atoms with van der Waals surface area (Å²) in [7, 11) is 0. The minimum atomic E-state index is 0.516. The van der Waals surface area contributed by atoms with Crippen molar-refractivity contribution in [1.29, 1.82) is 0 Å². The van der Waals surface area contributed by atoms with E-state index in [4.69, 9.17) is 26.4 Å². The first-order chi connectivity index (χ1) is 14.2. The van der Waals surface area contributed by atoms with E-state index in [9.17, 15) is 0 Å². The molecular formula is C21H34N4O3S. The normalized spacial score (nSPS) is 14.7. The fraction of sp³-hybridized carbons (Fsp3) is 0.619. The number of nitrogens with one attached hydrogen (secondary N) is 2. The largest absolute Gasteiger partial charge is 0.493 e. The Balaban J connectivity index is 1.75. The highest BCUT2D eigenvalue weighted by Crippen LogP contribution is 2.24. The van der Waals surface area contributed by atoms with Crippen molar-refractivity contribution in [1.82, 2.24) is 15.6 Å². The van der Waals surface area contributed by atoms with E-state index in [-0.39, 0.29) is 0 Å². The number of morpholine rings is 1. The third-order valence-electron chi connectivity index (χ3n) is 4.33. The van der Waals surface area contributed by atoms with Gasteiger partial charge in [0.15, 0.2) is 5.11 Å². The molecule has 0 atom stereocenters. The fourth-order valence-corrected chi connectivity index (χ4v) is 2.95. The number of hydrogen-bond donors (Lipinski definition) is 2. The van der Waals surface area contributed by atoms with Gasteiger partial charge in [-0.15, -0.1) is 0 Å². The van der Waals surface area contributed by atoms with E-state index in [0.29, 0.717) is 18.3 Å². The van der Waals surface area contributed by atoms with Crippen LogP contribution in [0.5, 0.6) is 11.5 Å². The highest BCUT2D eigenvalue weighted by Gasteiger charge is 2.09. The van der Waals surface area contributed by atoms with Gasteiger partial charge in [-0.2, -0.15) is 5.10 Å². The van der Waals surface area contributed by atoms with E-state index in [1.165, 1.54) is 0 Å². The van der Waals surface area contributed by atoms with E-state index in [1.807, 2.05) is 18.2 Å². The maximum atomic E-state index is 5.84. The van der Waals surface area contributed by atoms with Crippen LogP contribution < -0.4 is 20.2 Å². The summed E-state index contributed by atoms with van der Waals surface area (Å²) < 4.78 is 16.9. The standard InChI is InChI=1S/C21H34N4O3S/c1-3-12-27-19-7-6-18(20(16-19)28-13-4-2)17-23-24-21(29)22-8-5-9-25-10-14-26-15-11-25/h6-7,16-17H,3-5,8-15H2,1-2H3,(H2,22,24,29)/b23-17+. The van der Waals surface area contributed by atoms with Gasteiger partial charge in [0, 0.05) is 31.3 Å². The van der Waals surface area contributed by atoms with Crippen molar-refractivity contribution >= 4 is 23.5 Å². The Kier molecular flexibility index (Phi) is 11.4. The van der Waals surface area contributed by atoms with Gasteiger partial charge in [-0.1, -0.05) is 13.8 Å². The van der Waals surface area contributed by atoms with Crippen molar-refractivity contribution in [3.05, 3.63) is 23.8 Å².